The molecule has 2 atom stereocenters. The number of nitrogens with zero attached hydrogens (tertiary/aromatic N) is 2. The third-order valence-corrected chi connectivity index (χ3v) is 5.30. The second-order valence-corrected chi connectivity index (χ2v) is 8.60. The van der Waals surface area contributed by atoms with Crippen molar-refractivity contribution >= 4 is 23.0 Å². The van der Waals surface area contributed by atoms with Gasteiger partial charge in [0.15, 0.2) is 6.39 Å². The maximum absolute atomic E-state index is 13.4. The fourth-order valence-corrected chi connectivity index (χ4v) is 4.15. The van der Waals surface area contributed by atoms with Crippen molar-refractivity contribution < 1.29 is 23.5 Å². The standard InChI is InChI=1S/C23H27N3O5/c1-5-29-20(27)11-18-21-15(14-8-6-7-9-16(14)25-21)10-17(19-12-24-13-30-19)26(18)22(28)31-23(2,3)4/h6-9,12-13,17-18,25H,5,10-11H2,1-4H3/t17-,18-/m0/s1. The van der Waals surface area contributed by atoms with Gasteiger partial charge in [-0.2, -0.15) is 0 Å². The van der Waals surface area contributed by atoms with Crippen molar-refractivity contribution in [3.63, 3.8) is 0 Å². The van der Waals surface area contributed by atoms with E-state index in [2.05, 4.69) is 9.97 Å². The number of benzene rings is 1. The van der Waals surface area contributed by atoms with Gasteiger partial charge in [-0.3, -0.25) is 9.69 Å². The van der Waals surface area contributed by atoms with Crippen LogP contribution < -0.4 is 0 Å². The fourth-order valence-electron chi connectivity index (χ4n) is 4.15. The minimum atomic E-state index is -0.696. The third kappa shape index (κ3) is 4.15. The number of carbonyl (C=O) groups is 2. The van der Waals surface area contributed by atoms with Gasteiger partial charge in [0.1, 0.15) is 11.4 Å². The molecule has 164 valence electrons. The van der Waals surface area contributed by atoms with E-state index < -0.39 is 23.8 Å². The molecule has 31 heavy (non-hydrogen) atoms. The molecule has 0 fully saturated rings. The van der Waals surface area contributed by atoms with Crippen LogP contribution in [0.5, 0.6) is 0 Å². The molecule has 0 aliphatic carbocycles. The summed E-state index contributed by atoms with van der Waals surface area (Å²) in [4.78, 5) is 35.0. The zero-order chi connectivity index (χ0) is 22.2. The number of amides is 1. The van der Waals surface area contributed by atoms with Crippen LogP contribution in [0.15, 0.2) is 41.3 Å². The predicted molar refractivity (Wildman–Crippen MR) is 113 cm³/mol. The highest BCUT2D eigenvalue weighted by Gasteiger charge is 2.44. The fraction of sp³-hybridized carbons (Fsp3) is 0.435. The predicted octanol–water partition coefficient (Wildman–Crippen LogP) is 4.68. The lowest BCUT2D eigenvalue weighted by atomic mass is 9.89. The number of rotatable bonds is 4. The lowest BCUT2D eigenvalue weighted by molar-refractivity contribution is -0.145. The van der Waals surface area contributed by atoms with Crippen LogP contribution in [0.2, 0.25) is 0 Å². The number of esters is 1. The van der Waals surface area contributed by atoms with Gasteiger partial charge >= 0.3 is 12.1 Å². The summed E-state index contributed by atoms with van der Waals surface area (Å²) in [6, 6.07) is 6.87. The van der Waals surface area contributed by atoms with E-state index in [9.17, 15) is 9.59 Å². The first-order chi connectivity index (χ1) is 14.8. The van der Waals surface area contributed by atoms with Crippen LogP contribution in [0.3, 0.4) is 0 Å². The number of aromatic nitrogens is 2. The third-order valence-electron chi connectivity index (χ3n) is 5.30. The molecule has 2 aromatic heterocycles. The van der Waals surface area contributed by atoms with Crippen LogP contribution in [0.4, 0.5) is 4.79 Å². The molecule has 0 saturated carbocycles. The molecule has 0 unspecified atom stereocenters. The summed E-state index contributed by atoms with van der Waals surface area (Å²) >= 11 is 0. The number of nitrogens with one attached hydrogen (secondary N) is 1. The summed E-state index contributed by atoms with van der Waals surface area (Å²) in [5, 5.41) is 1.06. The normalized spacial score (nSPS) is 18.6. The highest BCUT2D eigenvalue weighted by atomic mass is 16.6. The van der Waals surface area contributed by atoms with Crippen molar-refractivity contribution in [2.75, 3.05) is 6.61 Å². The van der Waals surface area contributed by atoms with Crippen molar-refractivity contribution in [2.45, 2.75) is 58.2 Å². The van der Waals surface area contributed by atoms with E-state index in [1.54, 1.807) is 18.0 Å². The van der Waals surface area contributed by atoms with Gasteiger partial charge in [-0.05, 0) is 39.3 Å². The van der Waals surface area contributed by atoms with Crippen LogP contribution in [-0.4, -0.2) is 39.1 Å². The Morgan fingerprint density at radius 1 is 1.29 bits per heavy atom. The number of para-hydroxylation sites is 1. The molecule has 3 heterocycles. The van der Waals surface area contributed by atoms with Gasteiger partial charge in [0.2, 0.25) is 0 Å². The Morgan fingerprint density at radius 2 is 2.06 bits per heavy atom. The van der Waals surface area contributed by atoms with Gasteiger partial charge in [-0.1, -0.05) is 18.2 Å². The first-order valence-corrected chi connectivity index (χ1v) is 10.4. The molecule has 0 bridgehead atoms. The summed E-state index contributed by atoms with van der Waals surface area (Å²) in [5.74, 6) is 0.152. The highest BCUT2D eigenvalue weighted by Crippen LogP contribution is 2.45. The Labute approximate surface area is 180 Å². The summed E-state index contributed by atoms with van der Waals surface area (Å²) in [6.45, 7) is 7.46. The Morgan fingerprint density at radius 3 is 2.74 bits per heavy atom. The van der Waals surface area contributed by atoms with Crippen molar-refractivity contribution in [2.24, 2.45) is 0 Å². The molecule has 8 nitrogen and oxygen atoms in total. The van der Waals surface area contributed by atoms with E-state index in [4.69, 9.17) is 13.9 Å². The van der Waals surface area contributed by atoms with Crippen LogP contribution in [0.1, 0.15) is 63.2 Å². The summed E-state index contributed by atoms with van der Waals surface area (Å²) in [6.07, 6.45) is 2.93. The van der Waals surface area contributed by atoms with E-state index in [-0.39, 0.29) is 19.0 Å². The van der Waals surface area contributed by atoms with Gasteiger partial charge in [-0.15, -0.1) is 0 Å². The Hall–Kier alpha value is -3.29. The van der Waals surface area contributed by atoms with E-state index >= 15 is 0 Å². The van der Waals surface area contributed by atoms with Crippen molar-refractivity contribution in [3.05, 3.63) is 53.9 Å². The number of aromatic amines is 1. The molecular formula is C23H27N3O5. The molecule has 1 aliphatic heterocycles. The van der Waals surface area contributed by atoms with E-state index in [0.717, 1.165) is 22.2 Å². The molecule has 0 radical (unpaired) electrons. The summed E-state index contributed by atoms with van der Waals surface area (Å²) < 4.78 is 16.5. The Kier molecular flexibility index (Phi) is 5.47. The monoisotopic (exact) mass is 425 g/mol. The zero-order valence-corrected chi connectivity index (χ0v) is 18.2. The molecule has 1 amide bonds. The molecule has 0 saturated heterocycles. The largest absolute Gasteiger partial charge is 0.466 e. The van der Waals surface area contributed by atoms with Crippen LogP contribution in [0.25, 0.3) is 10.9 Å². The minimum Gasteiger partial charge on any atom is -0.466 e. The van der Waals surface area contributed by atoms with Gasteiger partial charge < -0.3 is 18.9 Å². The number of H-pyrrole nitrogens is 1. The van der Waals surface area contributed by atoms with Crippen LogP contribution in [-0.2, 0) is 20.7 Å². The van der Waals surface area contributed by atoms with Crippen molar-refractivity contribution in [3.8, 4) is 0 Å². The summed E-state index contributed by atoms with van der Waals surface area (Å²) in [7, 11) is 0. The number of hydrogen-bond donors (Lipinski definition) is 1. The Bertz CT molecular complexity index is 1080. The van der Waals surface area contributed by atoms with E-state index in [1.807, 2.05) is 45.0 Å². The topological polar surface area (TPSA) is 97.7 Å². The maximum atomic E-state index is 13.4. The lowest BCUT2D eigenvalue weighted by Crippen LogP contribution is -2.45. The highest BCUT2D eigenvalue weighted by molar-refractivity contribution is 5.86. The van der Waals surface area contributed by atoms with E-state index in [1.165, 1.54) is 6.39 Å². The van der Waals surface area contributed by atoms with Crippen molar-refractivity contribution in [1.29, 1.82) is 0 Å². The molecule has 1 aliphatic rings. The second kappa shape index (κ2) is 8.09. The molecule has 4 rings (SSSR count). The number of fused-ring (bicyclic) bond motifs is 3. The first-order valence-electron chi connectivity index (χ1n) is 10.4. The van der Waals surface area contributed by atoms with Gasteiger partial charge in [0.05, 0.1) is 31.3 Å². The molecule has 0 spiro atoms. The van der Waals surface area contributed by atoms with Crippen LogP contribution >= 0.6 is 0 Å². The molecular weight excluding hydrogens is 398 g/mol. The van der Waals surface area contributed by atoms with Crippen molar-refractivity contribution in [1.82, 2.24) is 14.9 Å². The Balaban J connectivity index is 1.86. The number of oxazole rings is 1. The number of hydrogen-bond acceptors (Lipinski definition) is 6. The first kappa shape index (κ1) is 21.0. The zero-order valence-electron chi connectivity index (χ0n) is 18.2. The van der Waals surface area contributed by atoms with Gasteiger partial charge in [0.25, 0.3) is 0 Å². The SMILES string of the molecule is CCOC(=O)C[C@H]1c2[nH]c3ccccc3c2C[C@@H](c2cnco2)N1C(=O)OC(C)(C)C. The summed E-state index contributed by atoms with van der Waals surface area (Å²) in [5.41, 5.74) is 2.11. The molecule has 8 heteroatoms. The maximum Gasteiger partial charge on any atom is 0.411 e. The smallest absolute Gasteiger partial charge is 0.411 e. The quantitative estimate of drug-likeness (QED) is 0.609. The number of ether oxygens (including phenoxy) is 2. The molecule has 3 aromatic rings. The number of carbonyl (C=O) groups excluding carboxylic acids is 2. The average Bonchev–Trinajstić information content (AvgIpc) is 3.34. The van der Waals surface area contributed by atoms with E-state index in [0.29, 0.717) is 12.2 Å². The van der Waals surface area contributed by atoms with Gasteiger partial charge in [-0.25, -0.2) is 9.78 Å². The van der Waals surface area contributed by atoms with Gasteiger partial charge in [0, 0.05) is 23.0 Å². The molecule has 1 N–H and O–H groups in total. The average molecular weight is 425 g/mol. The lowest BCUT2D eigenvalue weighted by Gasteiger charge is -2.41. The second-order valence-electron chi connectivity index (χ2n) is 8.60. The molecule has 1 aromatic carbocycles. The van der Waals surface area contributed by atoms with Crippen LogP contribution in [0, 0.1) is 0 Å². The minimum absolute atomic E-state index is 0.00244.